The van der Waals surface area contributed by atoms with Gasteiger partial charge in [0.15, 0.2) is 0 Å². The number of hydrogen-bond acceptors (Lipinski definition) is 2. The lowest BCUT2D eigenvalue weighted by molar-refractivity contribution is 0.248. The van der Waals surface area contributed by atoms with Gasteiger partial charge < -0.3 is 16.0 Å². The van der Waals surface area contributed by atoms with Crippen molar-refractivity contribution in [3.05, 3.63) is 30.1 Å². The zero-order valence-corrected chi connectivity index (χ0v) is 10.4. The van der Waals surface area contributed by atoms with Gasteiger partial charge in [-0.05, 0) is 38.4 Å². The van der Waals surface area contributed by atoms with Gasteiger partial charge in [-0.2, -0.15) is 0 Å². The van der Waals surface area contributed by atoms with Gasteiger partial charge in [0, 0.05) is 12.1 Å². The molecule has 1 saturated heterocycles. The summed E-state index contributed by atoms with van der Waals surface area (Å²) >= 11 is 0. The molecule has 0 bridgehead atoms. The maximum Gasteiger partial charge on any atom is 0.319 e. The predicted octanol–water partition coefficient (Wildman–Crippen LogP) is 2.09. The van der Waals surface area contributed by atoms with Crippen LogP contribution in [0.4, 0.5) is 14.9 Å². The van der Waals surface area contributed by atoms with Crippen molar-refractivity contribution in [2.75, 3.05) is 18.4 Å². The molecule has 1 aliphatic rings. The number of benzene rings is 1. The zero-order valence-electron chi connectivity index (χ0n) is 10.4. The summed E-state index contributed by atoms with van der Waals surface area (Å²) in [6.45, 7) is 3.59. The van der Waals surface area contributed by atoms with Crippen molar-refractivity contribution in [1.29, 1.82) is 0 Å². The molecular weight excluding hydrogens is 233 g/mol. The van der Waals surface area contributed by atoms with Crippen LogP contribution in [0.15, 0.2) is 24.3 Å². The molecule has 98 valence electrons. The molecule has 3 N–H and O–H groups in total. The fourth-order valence-electron chi connectivity index (χ4n) is 2.11. The van der Waals surface area contributed by atoms with Crippen LogP contribution in [-0.2, 0) is 0 Å². The number of halogens is 1. The Bertz CT molecular complexity index is 430. The van der Waals surface area contributed by atoms with Crippen molar-refractivity contribution in [3.8, 4) is 0 Å². The number of anilines is 1. The molecule has 5 heteroatoms. The van der Waals surface area contributed by atoms with Gasteiger partial charge in [-0.1, -0.05) is 12.1 Å². The average Bonchev–Trinajstić information content (AvgIpc) is 2.77. The SMILES string of the molecule is CC1(CNC(=O)Nc2ccccc2F)CCCN1. The first-order valence-electron chi connectivity index (χ1n) is 6.13. The Morgan fingerprint density at radius 2 is 2.28 bits per heavy atom. The van der Waals surface area contributed by atoms with E-state index < -0.39 is 5.82 Å². The second-order valence-corrected chi connectivity index (χ2v) is 4.88. The van der Waals surface area contributed by atoms with Crippen LogP contribution in [0.3, 0.4) is 0 Å². The monoisotopic (exact) mass is 251 g/mol. The van der Waals surface area contributed by atoms with Crippen molar-refractivity contribution in [2.45, 2.75) is 25.3 Å². The maximum absolute atomic E-state index is 13.3. The smallest absolute Gasteiger partial charge is 0.319 e. The van der Waals surface area contributed by atoms with Crippen LogP contribution < -0.4 is 16.0 Å². The molecule has 1 aromatic carbocycles. The highest BCUT2D eigenvalue weighted by Crippen LogP contribution is 2.17. The summed E-state index contributed by atoms with van der Waals surface area (Å²) < 4.78 is 13.3. The Morgan fingerprint density at radius 1 is 1.50 bits per heavy atom. The average molecular weight is 251 g/mol. The molecule has 1 atom stereocenters. The van der Waals surface area contributed by atoms with E-state index in [1.54, 1.807) is 12.1 Å². The number of rotatable bonds is 3. The predicted molar refractivity (Wildman–Crippen MR) is 69.1 cm³/mol. The van der Waals surface area contributed by atoms with Crippen molar-refractivity contribution in [3.63, 3.8) is 0 Å². The molecule has 2 amide bonds. The molecule has 0 aromatic heterocycles. The molecule has 18 heavy (non-hydrogen) atoms. The van der Waals surface area contributed by atoms with E-state index in [1.807, 2.05) is 0 Å². The quantitative estimate of drug-likeness (QED) is 0.770. The number of hydrogen-bond donors (Lipinski definition) is 3. The lowest BCUT2D eigenvalue weighted by Gasteiger charge is -2.24. The summed E-state index contributed by atoms with van der Waals surface area (Å²) in [5.41, 5.74) is 0.145. The van der Waals surface area contributed by atoms with E-state index in [9.17, 15) is 9.18 Å². The Morgan fingerprint density at radius 3 is 2.94 bits per heavy atom. The topological polar surface area (TPSA) is 53.2 Å². The van der Waals surface area contributed by atoms with Crippen LogP contribution in [0.5, 0.6) is 0 Å². The minimum Gasteiger partial charge on any atom is -0.336 e. The van der Waals surface area contributed by atoms with E-state index in [4.69, 9.17) is 0 Å². The molecule has 2 rings (SSSR count). The van der Waals surface area contributed by atoms with Gasteiger partial charge in [0.2, 0.25) is 0 Å². The van der Waals surface area contributed by atoms with Gasteiger partial charge in [-0.25, -0.2) is 9.18 Å². The molecule has 1 heterocycles. The summed E-state index contributed by atoms with van der Waals surface area (Å²) in [5, 5.41) is 8.61. The molecule has 4 nitrogen and oxygen atoms in total. The fourth-order valence-corrected chi connectivity index (χ4v) is 2.11. The van der Waals surface area contributed by atoms with Gasteiger partial charge in [0.25, 0.3) is 0 Å². The van der Waals surface area contributed by atoms with E-state index in [0.29, 0.717) is 6.54 Å². The highest BCUT2D eigenvalue weighted by molar-refractivity contribution is 5.89. The van der Waals surface area contributed by atoms with Crippen LogP contribution in [-0.4, -0.2) is 24.7 Å². The van der Waals surface area contributed by atoms with E-state index in [0.717, 1.165) is 19.4 Å². The van der Waals surface area contributed by atoms with Crippen molar-refractivity contribution in [1.82, 2.24) is 10.6 Å². The molecule has 1 aliphatic heterocycles. The van der Waals surface area contributed by atoms with Gasteiger partial charge in [-0.3, -0.25) is 0 Å². The van der Waals surface area contributed by atoms with E-state index in [2.05, 4.69) is 22.9 Å². The van der Waals surface area contributed by atoms with Gasteiger partial charge in [0.05, 0.1) is 5.69 Å². The number of urea groups is 1. The minimum absolute atomic E-state index is 0.0490. The first-order valence-corrected chi connectivity index (χ1v) is 6.13. The number of para-hydroxylation sites is 1. The van der Waals surface area contributed by atoms with E-state index >= 15 is 0 Å². The molecular formula is C13H18FN3O. The molecule has 0 saturated carbocycles. The molecule has 0 aliphatic carbocycles. The molecule has 1 fully saturated rings. The summed E-state index contributed by atoms with van der Waals surface area (Å²) in [6.07, 6.45) is 2.15. The summed E-state index contributed by atoms with van der Waals surface area (Å²) in [7, 11) is 0. The summed E-state index contributed by atoms with van der Waals surface area (Å²) in [6, 6.07) is 5.73. The highest BCUT2D eigenvalue weighted by atomic mass is 19.1. The van der Waals surface area contributed by atoms with E-state index in [-0.39, 0.29) is 17.3 Å². The molecule has 1 unspecified atom stereocenters. The Labute approximate surface area is 106 Å². The number of nitrogens with one attached hydrogen (secondary N) is 3. The Kier molecular flexibility index (Phi) is 3.81. The van der Waals surface area contributed by atoms with Crippen molar-refractivity contribution < 1.29 is 9.18 Å². The van der Waals surface area contributed by atoms with Crippen LogP contribution in [0.25, 0.3) is 0 Å². The van der Waals surface area contributed by atoms with Gasteiger partial charge >= 0.3 is 6.03 Å². The van der Waals surface area contributed by atoms with Crippen molar-refractivity contribution in [2.24, 2.45) is 0 Å². The standard InChI is InChI=1S/C13H18FN3O/c1-13(7-4-8-16-13)9-15-12(18)17-11-6-3-2-5-10(11)14/h2-3,5-6,16H,4,7-9H2,1H3,(H2,15,17,18). The third kappa shape index (κ3) is 3.20. The first-order chi connectivity index (χ1) is 8.59. The molecule has 0 radical (unpaired) electrons. The summed E-state index contributed by atoms with van der Waals surface area (Å²) in [5.74, 6) is -0.433. The largest absolute Gasteiger partial charge is 0.336 e. The number of carbonyl (C=O) groups excluding carboxylic acids is 1. The van der Waals surface area contributed by atoms with Crippen LogP contribution >= 0.6 is 0 Å². The minimum atomic E-state index is -0.433. The Balaban J connectivity index is 1.84. The van der Waals surface area contributed by atoms with Crippen molar-refractivity contribution >= 4 is 11.7 Å². The van der Waals surface area contributed by atoms with Crippen LogP contribution in [0, 0.1) is 5.82 Å². The number of amides is 2. The normalized spacial score (nSPS) is 22.8. The second-order valence-electron chi connectivity index (χ2n) is 4.88. The third-order valence-electron chi connectivity index (χ3n) is 3.22. The van der Waals surface area contributed by atoms with E-state index in [1.165, 1.54) is 12.1 Å². The van der Waals surface area contributed by atoms with Gasteiger partial charge in [0.1, 0.15) is 5.82 Å². The molecule has 0 spiro atoms. The zero-order chi connectivity index (χ0) is 13.0. The number of carbonyl (C=O) groups is 1. The van der Waals surface area contributed by atoms with Gasteiger partial charge in [-0.15, -0.1) is 0 Å². The molecule has 1 aromatic rings. The summed E-state index contributed by atoms with van der Waals surface area (Å²) in [4.78, 5) is 11.6. The first kappa shape index (κ1) is 12.8. The lowest BCUT2D eigenvalue weighted by Crippen LogP contribution is -2.48. The second kappa shape index (κ2) is 5.35. The van der Waals surface area contributed by atoms with Crippen LogP contribution in [0.2, 0.25) is 0 Å². The lowest BCUT2D eigenvalue weighted by atomic mass is 10.0. The highest BCUT2D eigenvalue weighted by Gasteiger charge is 2.28. The fraction of sp³-hybridized carbons (Fsp3) is 0.462. The maximum atomic E-state index is 13.3. The van der Waals surface area contributed by atoms with Crippen LogP contribution in [0.1, 0.15) is 19.8 Å². The third-order valence-corrected chi connectivity index (χ3v) is 3.22. The Hall–Kier alpha value is -1.62.